The number of hydrogen-bond acceptors (Lipinski definition) is 6. The van der Waals surface area contributed by atoms with E-state index in [1.165, 1.54) is 0 Å². The number of nitrogens with one attached hydrogen (secondary N) is 2. The molecule has 0 spiro atoms. The Kier molecular flexibility index (Phi) is 8.31. The Morgan fingerprint density at radius 1 is 0.714 bits per heavy atom. The molecule has 0 saturated carbocycles. The van der Waals surface area contributed by atoms with E-state index in [0.29, 0.717) is 17.4 Å². The van der Waals surface area contributed by atoms with Crippen LogP contribution in [-0.2, 0) is 0 Å². The van der Waals surface area contributed by atoms with Crippen molar-refractivity contribution in [1.82, 2.24) is 29.7 Å². The number of amides is 2. The van der Waals surface area contributed by atoms with Gasteiger partial charge >= 0.3 is 0 Å². The van der Waals surface area contributed by atoms with Crippen molar-refractivity contribution >= 4 is 28.5 Å². The molecule has 9 heteroatoms. The van der Waals surface area contributed by atoms with Crippen molar-refractivity contribution in [2.75, 3.05) is 31.5 Å². The monoisotopic (exact) mass is 647 g/mol. The van der Waals surface area contributed by atoms with Gasteiger partial charge in [0, 0.05) is 60.8 Å². The predicted molar refractivity (Wildman–Crippen MR) is 191 cm³/mol. The molecule has 2 fully saturated rings. The number of rotatable bonds is 8. The molecule has 0 radical (unpaired) electrons. The zero-order chi connectivity index (χ0) is 33.2. The Hall–Kier alpha value is -5.83. The molecule has 4 heterocycles. The molecule has 2 aromatic heterocycles. The number of carbonyl (C=O) groups is 2. The summed E-state index contributed by atoms with van der Waals surface area (Å²) in [5.74, 6) is 1.92. The normalized spacial score (nSPS) is 17.5. The molecular formula is C40H37N7O2. The Morgan fingerprint density at radius 2 is 1.39 bits per heavy atom. The third-order valence-electron chi connectivity index (χ3n) is 9.72. The molecule has 2 aliphatic heterocycles. The van der Waals surface area contributed by atoms with Gasteiger partial charge in [-0.25, -0.2) is 15.0 Å². The third kappa shape index (κ3) is 6.39. The number of aromatic nitrogens is 4. The van der Waals surface area contributed by atoms with Crippen molar-refractivity contribution in [3.8, 4) is 22.4 Å². The minimum atomic E-state index is -0.0584. The Balaban J connectivity index is 0.899. The summed E-state index contributed by atoms with van der Waals surface area (Å²) < 4.78 is 0. The van der Waals surface area contributed by atoms with Gasteiger partial charge in [-0.2, -0.15) is 0 Å². The molecular weight excluding hydrogens is 610 g/mol. The van der Waals surface area contributed by atoms with E-state index < -0.39 is 0 Å². The molecule has 49 heavy (non-hydrogen) atoms. The van der Waals surface area contributed by atoms with Crippen LogP contribution >= 0.6 is 0 Å². The van der Waals surface area contributed by atoms with E-state index in [-0.39, 0.29) is 17.9 Å². The summed E-state index contributed by atoms with van der Waals surface area (Å²) in [4.78, 5) is 47.2. The Bertz CT molecular complexity index is 2100. The van der Waals surface area contributed by atoms with Crippen LogP contribution in [0.3, 0.4) is 0 Å². The summed E-state index contributed by atoms with van der Waals surface area (Å²) >= 11 is 0. The largest absolute Gasteiger partial charge is 0.354 e. The zero-order valence-corrected chi connectivity index (χ0v) is 27.1. The van der Waals surface area contributed by atoms with Gasteiger partial charge in [0.1, 0.15) is 5.82 Å². The highest BCUT2D eigenvalue weighted by Crippen LogP contribution is 2.34. The summed E-state index contributed by atoms with van der Waals surface area (Å²) in [5.41, 5.74) is 5.42. The van der Waals surface area contributed by atoms with Gasteiger partial charge in [0.2, 0.25) is 5.95 Å². The number of likely N-dealkylation sites (tertiary alicyclic amines) is 2. The molecule has 8 rings (SSSR count). The summed E-state index contributed by atoms with van der Waals surface area (Å²) in [6.07, 6.45) is 8.38. The lowest BCUT2D eigenvalue weighted by atomic mass is 10.0. The van der Waals surface area contributed by atoms with E-state index in [4.69, 9.17) is 4.98 Å². The lowest BCUT2D eigenvalue weighted by molar-refractivity contribution is 0.0729. The molecule has 2 aliphatic rings. The predicted octanol–water partition coefficient (Wildman–Crippen LogP) is 7.24. The number of anilines is 1. The smallest absolute Gasteiger partial charge is 0.254 e. The number of imidazole rings is 1. The second kappa shape index (κ2) is 13.4. The summed E-state index contributed by atoms with van der Waals surface area (Å²) in [6, 6.07) is 31.6. The topological polar surface area (TPSA) is 107 Å². The highest BCUT2D eigenvalue weighted by molar-refractivity contribution is 5.95. The number of carbonyl (C=O) groups excluding carboxylic acids is 2. The number of H-pyrrole nitrogens is 1. The average molecular weight is 648 g/mol. The summed E-state index contributed by atoms with van der Waals surface area (Å²) in [6.45, 7) is 2.95. The van der Waals surface area contributed by atoms with Gasteiger partial charge in [-0.3, -0.25) is 9.59 Å². The molecule has 0 aliphatic carbocycles. The maximum atomic E-state index is 13.2. The van der Waals surface area contributed by atoms with Crippen LogP contribution in [0.4, 0.5) is 5.95 Å². The minimum Gasteiger partial charge on any atom is -0.354 e. The second-order valence-corrected chi connectivity index (χ2v) is 12.9. The van der Waals surface area contributed by atoms with E-state index in [2.05, 4.69) is 56.7 Å². The van der Waals surface area contributed by atoms with Crippen LogP contribution in [-0.4, -0.2) is 67.7 Å². The number of fused-ring (bicyclic) bond motifs is 1. The molecule has 2 amide bonds. The van der Waals surface area contributed by atoms with Crippen molar-refractivity contribution in [1.29, 1.82) is 0 Å². The van der Waals surface area contributed by atoms with Gasteiger partial charge in [-0.05, 0) is 77.9 Å². The molecule has 9 nitrogen and oxygen atoms in total. The van der Waals surface area contributed by atoms with Crippen molar-refractivity contribution in [3.63, 3.8) is 0 Å². The fourth-order valence-corrected chi connectivity index (χ4v) is 7.04. The molecule has 244 valence electrons. The van der Waals surface area contributed by atoms with E-state index in [1.54, 1.807) is 0 Å². The lowest BCUT2D eigenvalue weighted by Gasteiger charge is -2.23. The maximum absolute atomic E-state index is 13.2. The number of nitrogens with zero attached hydrogens (tertiary/aromatic N) is 5. The van der Waals surface area contributed by atoms with Gasteiger partial charge in [-0.15, -0.1) is 0 Å². The Labute approximate surface area is 285 Å². The molecule has 0 bridgehead atoms. The number of hydrogen-bond donors (Lipinski definition) is 2. The average Bonchev–Trinajstić information content (AvgIpc) is 3.96. The van der Waals surface area contributed by atoms with Crippen molar-refractivity contribution in [3.05, 3.63) is 133 Å². The quantitative estimate of drug-likeness (QED) is 0.180. The van der Waals surface area contributed by atoms with Crippen LogP contribution in [0, 0.1) is 5.92 Å². The second-order valence-electron chi connectivity index (χ2n) is 12.9. The fraction of sp³-hybridized carbons (Fsp3) is 0.225. The molecule has 6 aromatic rings. The standard InChI is InChI=1S/C40H37N7O2/c48-38(28-8-3-1-4-9-28)46-19-17-27(26-46)22-42-40-43-23-34(24-44-40)32-14-13-31-21-33(16-15-30(31)20-32)35-25-41-37(45-35)36-12-7-18-47(36)39(49)29-10-5-2-6-11-29/h1-6,8-11,13-16,20-21,23-25,27,36H,7,12,17-19,22,26H2,(H,41,45)(H,42,43,44)/t27-,36+/m1/s1. The molecule has 0 unspecified atom stereocenters. The highest BCUT2D eigenvalue weighted by atomic mass is 16.2. The maximum Gasteiger partial charge on any atom is 0.254 e. The van der Waals surface area contributed by atoms with E-state index in [9.17, 15) is 9.59 Å². The lowest BCUT2D eigenvalue weighted by Crippen LogP contribution is -2.31. The van der Waals surface area contributed by atoms with Crippen molar-refractivity contribution in [2.45, 2.75) is 25.3 Å². The zero-order valence-electron chi connectivity index (χ0n) is 27.1. The number of aromatic amines is 1. The van der Waals surface area contributed by atoms with Crippen molar-refractivity contribution in [2.24, 2.45) is 5.92 Å². The van der Waals surface area contributed by atoms with Gasteiger partial charge < -0.3 is 20.1 Å². The Morgan fingerprint density at radius 3 is 2.12 bits per heavy atom. The van der Waals surface area contributed by atoms with Gasteiger partial charge in [0.05, 0.1) is 17.9 Å². The van der Waals surface area contributed by atoms with E-state index in [1.807, 2.05) is 89.1 Å². The van der Waals surface area contributed by atoms with Gasteiger partial charge in [0.25, 0.3) is 11.8 Å². The van der Waals surface area contributed by atoms with E-state index >= 15 is 0 Å². The third-order valence-corrected chi connectivity index (χ3v) is 9.72. The van der Waals surface area contributed by atoms with Gasteiger partial charge in [-0.1, -0.05) is 60.7 Å². The van der Waals surface area contributed by atoms with Crippen LogP contribution in [0.15, 0.2) is 116 Å². The molecule has 2 saturated heterocycles. The van der Waals surface area contributed by atoms with Crippen LogP contribution in [0.5, 0.6) is 0 Å². The first-order valence-corrected chi connectivity index (χ1v) is 16.9. The summed E-state index contributed by atoms with van der Waals surface area (Å²) in [7, 11) is 0. The highest BCUT2D eigenvalue weighted by Gasteiger charge is 2.32. The van der Waals surface area contributed by atoms with E-state index in [0.717, 1.165) is 90.0 Å². The minimum absolute atomic E-state index is 0.0490. The first-order valence-electron chi connectivity index (χ1n) is 16.9. The number of benzene rings is 4. The fourth-order valence-electron chi connectivity index (χ4n) is 7.04. The van der Waals surface area contributed by atoms with Crippen LogP contribution in [0.1, 0.15) is 51.8 Å². The molecule has 4 aromatic carbocycles. The van der Waals surface area contributed by atoms with Crippen LogP contribution < -0.4 is 5.32 Å². The van der Waals surface area contributed by atoms with Crippen LogP contribution in [0.2, 0.25) is 0 Å². The summed E-state index contributed by atoms with van der Waals surface area (Å²) in [5, 5.41) is 5.60. The molecule has 2 N–H and O–H groups in total. The van der Waals surface area contributed by atoms with Gasteiger partial charge in [0.15, 0.2) is 0 Å². The van der Waals surface area contributed by atoms with Crippen LogP contribution in [0.25, 0.3) is 33.2 Å². The SMILES string of the molecule is O=C(c1ccccc1)N1CC[C@H](CNc2ncc(-c3ccc4cc(-c5cnc([C@@H]6CCCN6C(=O)c6ccccc6)[nH]5)ccc4c3)cn2)C1. The molecule has 2 atom stereocenters. The first kappa shape index (κ1) is 30.5. The first-order chi connectivity index (χ1) is 24.1. The van der Waals surface area contributed by atoms with Crippen molar-refractivity contribution < 1.29 is 9.59 Å².